The SMILES string of the molecule is Fc1ccc2nc(CCl)n(-c3cc(Cl)ccc3Br)c2c1. The summed E-state index contributed by atoms with van der Waals surface area (Å²) >= 11 is 15.5. The average molecular weight is 374 g/mol. The first-order valence-electron chi connectivity index (χ1n) is 5.78. The van der Waals surface area contributed by atoms with Gasteiger partial charge in [-0.25, -0.2) is 9.37 Å². The number of alkyl halides is 1. The highest BCUT2D eigenvalue weighted by atomic mass is 79.9. The molecule has 1 aromatic heterocycles. The van der Waals surface area contributed by atoms with E-state index >= 15 is 0 Å². The van der Waals surface area contributed by atoms with Crippen LogP contribution >= 0.6 is 39.1 Å². The van der Waals surface area contributed by atoms with Gasteiger partial charge in [0.1, 0.15) is 11.6 Å². The van der Waals surface area contributed by atoms with Gasteiger partial charge in [0, 0.05) is 15.6 Å². The molecule has 0 atom stereocenters. The van der Waals surface area contributed by atoms with E-state index in [-0.39, 0.29) is 11.7 Å². The molecule has 0 aliphatic heterocycles. The molecular formula is C14H8BrCl2FN2. The highest BCUT2D eigenvalue weighted by Crippen LogP contribution is 2.30. The van der Waals surface area contributed by atoms with Gasteiger partial charge in [0.15, 0.2) is 0 Å². The average Bonchev–Trinajstić information content (AvgIpc) is 2.79. The van der Waals surface area contributed by atoms with Crippen LogP contribution in [0, 0.1) is 5.82 Å². The van der Waals surface area contributed by atoms with Crippen LogP contribution in [0.3, 0.4) is 0 Å². The van der Waals surface area contributed by atoms with Crippen molar-refractivity contribution in [3.05, 3.63) is 57.5 Å². The van der Waals surface area contributed by atoms with Crippen LogP contribution in [0.15, 0.2) is 40.9 Å². The molecule has 0 N–H and O–H groups in total. The van der Waals surface area contributed by atoms with Gasteiger partial charge in [0.05, 0.1) is 22.6 Å². The fourth-order valence-electron chi connectivity index (χ4n) is 2.11. The Kier molecular flexibility index (Phi) is 3.71. The van der Waals surface area contributed by atoms with Crippen molar-refractivity contribution in [2.24, 2.45) is 0 Å². The number of halogens is 4. The van der Waals surface area contributed by atoms with Crippen LogP contribution in [0.5, 0.6) is 0 Å². The lowest BCUT2D eigenvalue weighted by Crippen LogP contribution is -2.00. The topological polar surface area (TPSA) is 17.8 Å². The maximum absolute atomic E-state index is 13.5. The Bertz CT molecular complexity index is 801. The summed E-state index contributed by atoms with van der Waals surface area (Å²) in [6, 6.07) is 9.84. The molecule has 20 heavy (non-hydrogen) atoms. The Hall–Kier alpha value is -1.10. The van der Waals surface area contributed by atoms with E-state index in [0.29, 0.717) is 21.9 Å². The van der Waals surface area contributed by atoms with Gasteiger partial charge >= 0.3 is 0 Å². The Balaban J connectivity index is 2.39. The molecule has 6 heteroatoms. The molecule has 0 amide bonds. The molecule has 0 saturated carbocycles. The zero-order valence-corrected chi connectivity index (χ0v) is 13.2. The number of benzene rings is 2. The van der Waals surface area contributed by atoms with Gasteiger partial charge in [0.25, 0.3) is 0 Å². The summed E-state index contributed by atoms with van der Waals surface area (Å²) in [5.41, 5.74) is 2.12. The molecule has 3 rings (SSSR count). The number of rotatable bonds is 2. The number of nitrogens with zero attached hydrogens (tertiary/aromatic N) is 2. The summed E-state index contributed by atoms with van der Waals surface area (Å²) in [7, 11) is 0. The molecule has 0 bridgehead atoms. The van der Waals surface area contributed by atoms with Crippen LogP contribution < -0.4 is 0 Å². The number of hydrogen-bond donors (Lipinski definition) is 0. The third kappa shape index (κ3) is 2.32. The van der Waals surface area contributed by atoms with Gasteiger partial charge in [-0.2, -0.15) is 0 Å². The fraction of sp³-hybridized carbons (Fsp3) is 0.0714. The van der Waals surface area contributed by atoms with E-state index in [4.69, 9.17) is 23.2 Å². The van der Waals surface area contributed by atoms with E-state index in [2.05, 4.69) is 20.9 Å². The maximum Gasteiger partial charge on any atom is 0.129 e. The van der Waals surface area contributed by atoms with Crippen molar-refractivity contribution in [3.8, 4) is 5.69 Å². The van der Waals surface area contributed by atoms with Crippen molar-refractivity contribution in [3.63, 3.8) is 0 Å². The minimum Gasteiger partial charge on any atom is -0.294 e. The fourth-order valence-corrected chi connectivity index (χ4v) is 2.88. The van der Waals surface area contributed by atoms with Crippen molar-refractivity contribution >= 4 is 50.2 Å². The number of imidazole rings is 1. The molecule has 2 nitrogen and oxygen atoms in total. The van der Waals surface area contributed by atoms with E-state index in [1.54, 1.807) is 22.8 Å². The molecule has 0 spiro atoms. The first kappa shape index (κ1) is 13.9. The smallest absolute Gasteiger partial charge is 0.129 e. The minimum atomic E-state index is -0.321. The minimum absolute atomic E-state index is 0.218. The van der Waals surface area contributed by atoms with Crippen molar-refractivity contribution in [2.45, 2.75) is 5.88 Å². The summed E-state index contributed by atoms with van der Waals surface area (Å²) in [5.74, 6) is 0.531. The quantitative estimate of drug-likeness (QED) is 0.556. The molecular weight excluding hydrogens is 366 g/mol. The zero-order chi connectivity index (χ0) is 14.3. The Morgan fingerprint density at radius 1 is 1.20 bits per heavy atom. The van der Waals surface area contributed by atoms with Crippen molar-refractivity contribution < 1.29 is 4.39 Å². The van der Waals surface area contributed by atoms with Crippen LogP contribution in [0.1, 0.15) is 5.82 Å². The first-order valence-corrected chi connectivity index (χ1v) is 7.49. The number of aromatic nitrogens is 2. The molecule has 1 heterocycles. The predicted molar refractivity (Wildman–Crippen MR) is 83.3 cm³/mol. The van der Waals surface area contributed by atoms with Gasteiger partial charge < -0.3 is 0 Å². The third-order valence-electron chi connectivity index (χ3n) is 2.95. The van der Waals surface area contributed by atoms with Crippen molar-refractivity contribution in [2.75, 3.05) is 0 Å². The van der Waals surface area contributed by atoms with E-state index in [1.807, 2.05) is 6.07 Å². The van der Waals surface area contributed by atoms with E-state index < -0.39 is 0 Å². The van der Waals surface area contributed by atoms with Crippen LogP contribution in [-0.4, -0.2) is 9.55 Å². The van der Waals surface area contributed by atoms with Gasteiger partial charge in [-0.15, -0.1) is 11.6 Å². The molecule has 102 valence electrons. The lowest BCUT2D eigenvalue weighted by Gasteiger charge is -2.10. The Labute approximate surface area is 133 Å². The second-order valence-electron chi connectivity index (χ2n) is 4.23. The van der Waals surface area contributed by atoms with Crippen molar-refractivity contribution in [1.82, 2.24) is 9.55 Å². The molecule has 0 radical (unpaired) electrons. The van der Waals surface area contributed by atoms with E-state index in [1.165, 1.54) is 12.1 Å². The molecule has 0 unspecified atom stereocenters. The summed E-state index contributed by atoms with van der Waals surface area (Å²) < 4.78 is 16.2. The summed E-state index contributed by atoms with van der Waals surface area (Å²) in [4.78, 5) is 4.42. The van der Waals surface area contributed by atoms with Gasteiger partial charge in [-0.3, -0.25) is 4.57 Å². The lowest BCUT2D eigenvalue weighted by molar-refractivity contribution is 0.629. The molecule has 0 saturated heterocycles. The van der Waals surface area contributed by atoms with Crippen LogP contribution in [-0.2, 0) is 5.88 Å². The highest BCUT2D eigenvalue weighted by Gasteiger charge is 2.15. The number of fused-ring (bicyclic) bond motifs is 1. The van der Waals surface area contributed by atoms with E-state index in [0.717, 1.165) is 10.2 Å². The molecule has 3 aromatic rings. The number of hydrogen-bond acceptors (Lipinski definition) is 1. The largest absolute Gasteiger partial charge is 0.294 e. The third-order valence-corrected chi connectivity index (χ3v) is 4.10. The predicted octanol–water partition coefficient (Wildman–Crippen LogP) is 5.32. The van der Waals surface area contributed by atoms with Crippen LogP contribution in [0.4, 0.5) is 4.39 Å². The molecule has 0 aliphatic carbocycles. The molecule has 2 aromatic carbocycles. The zero-order valence-electron chi connectivity index (χ0n) is 10.1. The second-order valence-corrected chi connectivity index (χ2v) is 5.78. The Morgan fingerprint density at radius 3 is 2.75 bits per heavy atom. The first-order chi connectivity index (χ1) is 9.60. The van der Waals surface area contributed by atoms with Gasteiger partial charge in [-0.1, -0.05) is 11.6 Å². The summed E-state index contributed by atoms with van der Waals surface area (Å²) in [5, 5.41) is 0.585. The van der Waals surface area contributed by atoms with Crippen molar-refractivity contribution in [1.29, 1.82) is 0 Å². The van der Waals surface area contributed by atoms with Crippen LogP contribution in [0.2, 0.25) is 5.02 Å². The maximum atomic E-state index is 13.5. The monoisotopic (exact) mass is 372 g/mol. The molecule has 0 aliphatic rings. The molecule has 0 fully saturated rings. The highest BCUT2D eigenvalue weighted by molar-refractivity contribution is 9.10. The van der Waals surface area contributed by atoms with Gasteiger partial charge in [0.2, 0.25) is 0 Å². The lowest BCUT2D eigenvalue weighted by atomic mass is 10.2. The second kappa shape index (κ2) is 5.35. The Morgan fingerprint density at radius 2 is 2.00 bits per heavy atom. The van der Waals surface area contributed by atoms with Gasteiger partial charge in [-0.05, 0) is 46.3 Å². The normalized spacial score (nSPS) is 11.2. The van der Waals surface area contributed by atoms with Crippen LogP contribution in [0.25, 0.3) is 16.7 Å². The summed E-state index contributed by atoms with van der Waals surface area (Å²) in [6.45, 7) is 0. The summed E-state index contributed by atoms with van der Waals surface area (Å²) in [6.07, 6.45) is 0. The van der Waals surface area contributed by atoms with E-state index in [9.17, 15) is 4.39 Å². The standard InChI is InChI=1S/C14H8BrCl2FN2/c15-10-3-1-8(17)5-12(10)20-13-6-9(18)2-4-11(13)19-14(20)7-16/h1-6H,7H2.